The molecule has 5 nitrogen and oxygen atoms in total. The van der Waals surface area contributed by atoms with E-state index in [1.54, 1.807) is 12.1 Å². The van der Waals surface area contributed by atoms with E-state index in [-0.39, 0.29) is 17.4 Å². The van der Waals surface area contributed by atoms with Crippen LogP contribution in [0.2, 0.25) is 5.02 Å². The van der Waals surface area contributed by atoms with Gasteiger partial charge in [0.25, 0.3) is 0 Å². The second-order valence-electron chi connectivity index (χ2n) is 5.11. The van der Waals surface area contributed by atoms with Crippen molar-refractivity contribution in [2.24, 2.45) is 5.92 Å². The number of methoxy groups -OCH3 is 1. The van der Waals surface area contributed by atoms with Crippen molar-refractivity contribution >= 4 is 27.4 Å². The minimum absolute atomic E-state index is 0.00150. The van der Waals surface area contributed by atoms with Crippen LogP contribution in [0.15, 0.2) is 23.1 Å². The van der Waals surface area contributed by atoms with Gasteiger partial charge in [-0.3, -0.25) is 10.1 Å². The molecule has 0 aliphatic rings. The summed E-state index contributed by atoms with van der Waals surface area (Å²) >= 11 is 6.09. The van der Waals surface area contributed by atoms with Gasteiger partial charge in [-0.1, -0.05) is 31.5 Å². The second kappa shape index (κ2) is 7.24. The Morgan fingerprint density at radius 2 is 2.00 bits per heavy atom. The molecule has 0 fully saturated rings. The van der Waals surface area contributed by atoms with Crippen molar-refractivity contribution in [1.29, 1.82) is 0 Å². The first-order valence-electron chi connectivity index (χ1n) is 6.47. The van der Waals surface area contributed by atoms with Crippen LogP contribution in [0, 0.1) is 5.92 Å². The Kier molecular flexibility index (Phi) is 6.19. The molecule has 0 amide bonds. The van der Waals surface area contributed by atoms with E-state index in [1.807, 2.05) is 13.8 Å². The van der Waals surface area contributed by atoms with E-state index in [1.165, 1.54) is 13.2 Å². The first-order chi connectivity index (χ1) is 9.68. The molecule has 0 spiro atoms. The first-order valence-corrected chi connectivity index (χ1v) is 8.74. The van der Waals surface area contributed by atoms with Crippen molar-refractivity contribution in [3.05, 3.63) is 28.8 Å². The quantitative estimate of drug-likeness (QED) is 0.806. The number of rotatable bonds is 6. The van der Waals surface area contributed by atoms with E-state index in [4.69, 9.17) is 16.3 Å². The molecule has 1 aromatic rings. The smallest absolute Gasteiger partial charge is 0.323 e. The Balaban J connectivity index is 3.06. The van der Waals surface area contributed by atoms with E-state index >= 15 is 0 Å². The van der Waals surface area contributed by atoms with Crippen molar-refractivity contribution < 1.29 is 17.9 Å². The number of ether oxygens (including phenoxy) is 1. The standard InChI is InChI=1S/C14H20ClNO4S/c1-9(2)13(14(17)20-3)16-8-10-11(15)6-5-7-12(10)21(4,18)19/h5-7,9,13,16H,8H2,1-4H3. The normalized spacial score (nSPS) is 13.2. The zero-order valence-corrected chi connectivity index (χ0v) is 14.1. The Bertz CT molecular complexity index is 613. The van der Waals surface area contributed by atoms with Gasteiger partial charge < -0.3 is 4.74 Å². The van der Waals surface area contributed by atoms with Crippen LogP contribution in [-0.2, 0) is 25.9 Å². The van der Waals surface area contributed by atoms with E-state index < -0.39 is 21.8 Å². The molecule has 1 aromatic carbocycles. The molecule has 7 heteroatoms. The van der Waals surface area contributed by atoms with Gasteiger partial charge in [0.05, 0.1) is 12.0 Å². The van der Waals surface area contributed by atoms with Crippen LogP contribution in [0.5, 0.6) is 0 Å². The highest BCUT2D eigenvalue weighted by molar-refractivity contribution is 7.90. The monoisotopic (exact) mass is 333 g/mol. The molecule has 0 saturated carbocycles. The minimum Gasteiger partial charge on any atom is -0.468 e. The first kappa shape index (κ1) is 17.9. The molecule has 0 saturated heterocycles. The SMILES string of the molecule is COC(=O)C(NCc1c(Cl)cccc1S(C)(=O)=O)C(C)C. The molecule has 1 atom stereocenters. The average Bonchev–Trinajstić information content (AvgIpc) is 2.38. The Morgan fingerprint density at radius 3 is 2.48 bits per heavy atom. The maximum atomic E-state index is 11.8. The van der Waals surface area contributed by atoms with Crippen molar-refractivity contribution in [3.63, 3.8) is 0 Å². The summed E-state index contributed by atoms with van der Waals surface area (Å²) in [6, 6.07) is 4.18. The average molecular weight is 334 g/mol. The third-order valence-corrected chi connectivity index (χ3v) is 4.63. The summed E-state index contributed by atoms with van der Waals surface area (Å²) in [5, 5.41) is 3.36. The maximum Gasteiger partial charge on any atom is 0.323 e. The molecule has 1 rings (SSSR count). The molecular formula is C14H20ClNO4S. The van der Waals surface area contributed by atoms with Gasteiger partial charge >= 0.3 is 5.97 Å². The molecule has 0 bridgehead atoms. The van der Waals surface area contributed by atoms with E-state index in [9.17, 15) is 13.2 Å². The van der Waals surface area contributed by atoms with Crippen LogP contribution in [0.1, 0.15) is 19.4 Å². The second-order valence-corrected chi connectivity index (χ2v) is 7.51. The summed E-state index contributed by atoms with van der Waals surface area (Å²) in [4.78, 5) is 11.9. The summed E-state index contributed by atoms with van der Waals surface area (Å²) in [5.41, 5.74) is 0.455. The number of esters is 1. The summed E-state index contributed by atoms with van der Waals surface area (Å²) in [5.74, 6) is -0.389. The maximum absolute atomic E-state index is 11.8. The van der Waals surface area contributed by atoms with Gasteiger partial charge in [-0.15, -0.1) is 0 Å². The number of nitrogens with one attached hydrogen (secondary N) is 1. The fourth-order valence-electron chi connectivity index (χ4n) is 1.99. The van der Waals surface area contributed by atoms with E-state index in [2.05, 4.69) is 5.32 Å². The molecule has 1 N–H and O–H groups in total. The van der Waals surface area contributed by atoms with Crippen LogP contribution >= 0.6 is 11.6 Å². The van der Waals surface area contributed by atoms with Gasteiger partial charge in [0.2, 0.25) is 0 Å². The number of hydrogen-bond donors (Lipinski definition) is 1. The summed E-state index contributed by atoms with van der Waals surface area (Å²) in [6.45, 7) is 3.91. The van der Waals surface area contributed by atoms with Crippen molar-refractivity contribution in [2.45, 2.75) is 31.3 Å². The number of sulfone groups is 1. The molecule has 0 aromatic heterocycles. The zero-order valence-electron chi connectivity index (χ0n) is 12.5. The largest absolute Gasteiger partial charge is 0.468 e. The third kappa shape index (κ3) is 4.69. The van der Waals surface area contributed by atoms with Gasteiger partial charge in [-0.2, -0.15) is 0 Å². The molecule has 0 aliphatic heterocycles. The number of benzene rings is 1. The lowest BCUT2D eigenvalue weighted by Crippen LogP contribution is -2.41. The topological polar surface area (TPSA) is 72.5 Å². The summed E-state index contributed by atoms with van der Waals surface area (Å²) < 4.78 is 28.3. The highest BCUT2D eigenvalue weighted by Gasteiger charge is 2.24. The van der Waals surface area contributed by atoms with Gasteiger partial charge in [0.1, 0.15) is 6.04 Å². The fourth-order valence-corrected chi connectivity index (χ4v) is 3.24. The van der Waals surface area contributed by atoms with Crippen LogP contribution in [-0.4, -0.2) is 33.8 Å². The Morgan fingerprint density at radius 1 is 1.38 bits per heavy atom. The molecular weight excluding hydrogens is 314 g/mol. The highest BCUT2D eigenvalue weighted by atomic mass is 35.5. The zero-order chi connectivity index (χ0) is 16.2. The molecule has 0 aliphatic carbocycles. The van der Waals surface area contributed by atoms with Crippen LogP contribution in [0.4, 0.5) is 0 Å². The minimum atomic E-state index is -3.39. The van der Waals surface area contributed by atoms with Gasteiger partial charge in [-0.25, -0.2) is 8.42 Å². The number of carbonyl (C=O) groups is 1. The lowest BCUT2D eigenvalue weighted by Gasteiger charge is -2.21. The molecule has 118 valence electrons. The van der Waals surface area contributed by atoms with Crippen LogP contribution in [0.3, 0.4) is 0 Å². The molecule has 1 unspecified atom stereocenters. The third-order valence-electron chi connectivity index (χ3n) is 3.10. The predicted octanol–water partition coefficient (Wildman–Crippen LogP) is 2.03. The van der Waals surface area contributed by atoms with Gasteiger partial charge in [0.15, 0.2) is 9.84 Å². The van der Waals surface area contributed by atoms with E-state index in [0.717, 1.165) is 6.26 Å². The summed E-state index contributed by atoms with van der Waals surface area (Å²) in [6.07, 6.45) is 1.13. The highest BCUT2D eigenvalue weighted by Crippen LogP contribution is 2.24. The van der Waals surface area contributed by atoms with Gasteiger partial charge in [-0.05, 0) is 18.1 Å². The fraction of sp³-hybridized carbons (Fsp3) is 0.500. The van der Waals surface area contributed by atoms with Crippen LogP contribution < -0.4 is 5.32 Å². The van der Waals surface area contributed by atoms with Gasteiger partial charge in [0, 0.05) is 23.4 Å². The van der Waals surface area contributed by atoms with Crippen LogP contribution in [0.25, 0.3) is 0 Å². The predicted molar refractivity (Wildman–Crippen MR) is 82.0 cm³/mol. The lowest BCUT2D eigenvalue weighted by molar-refractivity contribution is -0.144. The van der Waals surface area contributed by atoms with Crippen molar-refractivity contribution in [3.8, 4) is 0 Å². The van der Waals surface area contributed by atoms with E-state index in [0.29, 0.717) is 10.6 Å². The molecule has 21 heavy (non-hydrogen) atoms. The summed E-state index contributed by atoms with van der Waals surface area (Å²) in [7, 11) is -2.07. The Labute approximate surface area is 130 Å². The number of halogens is 1. The van der Waals surface area contributed by atoms with Crippen molar-refractivity contribution in [1.82, 2.24) is 5.32 Å². The number of carbonyl (C=O) groups excluding carboxylic acids is 1. The molecule has 0 radical (unpaired) electrons. The molecule has 0 heterocycles. The lowest BCUT2D eigenvalue weighted by atomic mass is 10.0. The number of hydrogen-bond acceptors (Lipinski definition) is 5. The van der Waals surface area contributed by atoms with Crippen molar-refractivity contribution in [2.75, 3.05) is 13.4 Å². The Hall–Kier alpha value is -1.11.